The molecule has 1 aliphatic rings. The molecule has 1 heterocycles. The van der Waals surface area contributed by atoms with Crippen LogP contribution in [0.15, 0.2) is 48.5 Å². The lowest BCUT2D eigenvalue weighted by atomic mass is 10.1. The van der Waals surface area contributed by atoms with Gasteiger partial charge in [0.2, 0.25) is 0 Å². The number of amides is 1. The number of rotatable bonds is 3. The summed E-state index contributed by atoms with van der Waals surface area (Å²) in [6, 6.07) is 15.0. The fourth-order valence-electron chi connectivity index (χ4n) is 2.70. The van der Waals surface area contributed by atoms with Gasteiger partial charge in [-0.1, -0.05) is 35.9 Å². The van der Waals surface area contributed by atoms with Crippen molar-refractivity contribution < 1.29 is 9.53 Å². The lowest BCUT2D eigenvalue weighted by molar-refractivity contribution is -0.124. The van der Waals surface area contributed by atoms with Gasteiger partial charge in [0.25, 0.3) is 5.91 Å². The fourth-order valence-corrected chi connectivity index (χ4v) is 2.88. The first-order valence-electron chi connectivity index (χ1n) is 7.67. The first-order valence-corrected chi connectivity index (χ1v) is 8.05. The average Bonchev–Trinajstić information content (AvgIpc) is 2.76. The Morgan fingerprint density at radius 3 is 2.83 bits per heavy atom. The van der Waals surface area contributed by atoms with E-state index in [0.717, 1.165) is 24.3 Å². The molecule has 0 spiro atoms. The van der Waals surface area contributed by atoms with E-state index in [2.05, 4.69) is 5.32 Å². The number of hydrogen-bond donors (Lipinski definition) is 1. The van der Waals surface area contributed by atoms with Gasteiger partial charge in [-0.2, -0.15) is 0 Å². The van der Waals surface area contributed by atoms with Crippen LogP contribution in [0.5, 0.6) is 5.75 Å². The van der Waals surface area contributed by atoms with Gasteiger partial charge in [0.05, 0.1) is 0 Å². The van der Waals surface area contributed by atoms with Crippen molar-refractivity contribution in [2.24, 2.45) is 0 Å². The minimum atomic E-state index is -0.584. The maximum absolute atomic E-state index is 12.8. The number of anilines is 1. The summed E-state index contributed by atoms with van der Waals surface area (Å²) >= 11 is 5.96. The maximum Gasteiger partial charge on any atom is 0.267 e. The van der Waals surface area contributed by atoms with Gasteiger partial charge in [-0.3, -0.25) is 4.79 Å². The van der Waals surface area contributed by atoms with E-state index in [1.807, 2.05) is 24.3 Å². The third-order valence-electron chi connectivity index (χ3n) is 3.83. The summed E-state index contributed by atoms with van der Waals surface area (Å²) < 4.78 is 5.77. The van der Waals surface area contributed by atoms with Crippen molar-refractivity contribution >= 4 is 35.6 Å². The van der Waals surface area contributed by atoms with Crippen LogP contribution in [0.3, 0.4) is 0 Å². The van der Waals surface area contributed by atoms with Gasteiger partial charge < -0.3 is 15.0 Å². The monoisotopic (exact) mass is 366 g/mol. The van der Waals surface area contributed by atoms with Gasteiger partial charge in [0, 0.05) is 30.3 Å². The topological polar surface area (TPSA) is 41.6 Å². The van der Waals surface area contributed by atoms with E-state index in [9.17, 15) is 4.79 Å². The van der Waals surface area contributed by atoms with Crippen LogP contribution >= 0.6 is 24.0 Å². The molecule has 0 radical (unpaired) electrons. The van der Waals surface area contributed by atoms with Crippen LogP contribution in [0.4, 0.5) is 5.69 Å². The SMILES string of the molecule is CC(Oc1cccc(Cl)c1)C(=O)N1CCNCc2ccccc21.Cl. The Morgan fingerprint density at radius 2 is 2.04 bits per heavy atom. The second kappa shape index (κ2) is 8.38. The summed E-state index contributed by atoms with van der Waals surface area (Å²) in [6.45, 7) is 3.91. The number of benzene rings is 2. The van der Waals surface area contributed by atoms with Crippen molar-refractivity contribution in [1.29, 1.82) is 0 Å². The molecule has 0 fully saturated rings. The molecule has 4 nitrogen and oxygen atoms in total. The van der Waals surface area contributed by atoms with Gasteiger partial charge in [0.15, 0.2) is 6.10 Å². The molecule has 1 atom stereocenters. The van der Waals surface area contributed by atoms with Crippen LogP contribution < -0.4 is 15.0 Å². The number of fused-ring (bicyclic) bond motifs is 1. The maximum atomic E-state index is 12.8. The molecular formula is C18H20Cl2N2O2. The van der Waals surface area contributed by atoms with Crippen LogP contribution in [0.25, 0.3) is 0 Å². The molecule has 24 heavy (non-hydrogen) atoms. The summed E-state index contributed by atoms with van der Waals surface area (Å²) in [6.07, 6.45) is -0.584. The van der Waals surface area contributed by atoms with Gasteiger partial charge >= 0.3 is 0 Å². The van der Waals surface area contributed by atoms with E-state index < -0.39 is 6.10 Å². The van der Waals surface area contributed by atoms with Gasteiger partial charge in [0.1, 0.15) is 5.75 Å². The molecule has 0 saturated heterocycles. The number of nitrogens with zero attached hydrogens (tertiary/aromatic N) is 1. The van der Waals surface area contributed by atoms with E-state index >= 15 is 0 Å². The highest BCUT2D eigenvalue weighted by Crippen LogP contribution is 2.24. The van der Waals surface area contributed by atoms with E-state index in [1.54, 1.807) is 36.1 Å². The first-order chi connectivity index (χ1) is 11.1. The van der Waals surface area contributed by atoms with E-state index in [-0.39, 0.29) is 18.3 Å². The second-order valence-electron chi connectivity index (χ2n) is 5.51. The van der Waals surface area contributed by atoms with Crippen molar-refractivity contribution in [1.82, 2.24) is 5.32 Å². The molecule has 0 bridgehead atoms. The minimum Gasteiger partial charge on any atom is -0.481 e. The number of carbonyl (C=O) groups excluding carboxylic acids is 1. The number of halogens is 2. The number of para-hydroxylation sites is 1. The van der Waals surface area contributed by atoms with Crippen molar-refractivity contribution in [3.8, 4) is 5.75 Å². The number of carbonyl (C=O) groups is 1. The lowest BCUT2D eigenvalue weighted by Gasteiger charge is -2.26. The number of nitrogens with one attached hydrogen (secondary N) is 1. The highest BCUT2D eigenvalue weighted by molar-refractivity contribution is 6.30. The zero-order chi connectivity index (χ0) is 16.2. The largest absolute Gasteiger partial charge is 0.481 e. The lowest BCUT2D eigenvalue weighted by Crippen LogP contribution is -2.42. The summed E-state index contributed by atoms with van der Waals surface area (Å²) in [5.41, 5.74) is 2.07. The zero-order valence-electron chi connectivity index (χ0n) is 13.4. The average molecular weight is 367 g/mol. The van der Waals surface area contributed by atoms with Crippen LogP contribution in [-0.2, 0) is 11.3 Å². The second-order valence-corrected chi connectivity index (χ2v) is 5.95. The van der Waals surface area contributed by atoms with E-state index in [1.165, 1.54) is 0 Å². The predicted octanol–water partition coefficient (Wildman–Crippen LogP) is 3.67. The standard InChI is InChI=1S/C18H19ClN2O2.ClH/c1-13(23-16-7-4-6-15(19)11-16)18(22)21-10-9-20-12-14-5-2-3-8-17(14)21;/h2-8,11,13,20H,9-10,12H2,1H3;1H. The first kappa shape index (κ1) is 18.6. The predicted molar refractivity (Wildman–Crippen MR) is 99.3 cm³/mol. The molecular weight excluding hydrogens is 347 g/mol. The molecule has 1 N–H and O–H groups in total. The summed E-state index contributed by atoms with van der Waals surface area (Å²) in [7, 11) is 0. The molecule has 1 amide bonds. The molecule has 0 saturated carbocycles. The fraction of sp³-hybridized carbons (Fsp3) is 0.278. The molecule has 1 aliphatic heterocycles. The normalized spacial score (nSPS) is 14.8. The van der Waals surface area contributed by atoms with E-state index in [0.29, 0.717) is 17.3 Å². The van der Waals surface area contributed by atoms with Crippen LogP contribution in [-0.4, -0.2) is 25.1 Å². The molecule has 1 unspecified atom stereocenters. The van der Waals surface area contributed by atoms with Crippen molar-refractivity contribution in [2.45, 2.75) is 19.6 Å². The van der Waals surface area contributed by atoms with Crippen molar-refractivity contribution in [2.75, 3.05) is 18.0 Å². The Labute approximate surface area is 153 Å². The molecule has 3 rings (SSSR count). The number of ether oxygens (including phenoxy) is 1. The Morgan fingerprint density at radius 1 is 1.25 bits per heavy atom. The Kier molecular flexibility index (Phi) is 6.49. The molecule has 2 aromatic rings. The molecule has 2 aromatic carbocycles. The Balaban J connectivity index is 0.00000208. The molecule has 0 aliphatic carbocycles. The number of hydrogen-bond acceptors (Lipinski definition) is 3. The van der Waals surface area contributed by atoms with E-state index in [4.69, 9.17) is 16.3 Å². The van der Waals surface area contributed by atoms with Gasteiger partial charge in [-0.25, -0.2) is 0 Å². The summed E-state index contributed by atoms with van der Waals surface area (Å²) in [5, 5.41) is 3.92. The van der Waals surface area contributed by atoms with Gasteiger partial charge in [-0.15, -0.1) is 12.4 Å². The molecule has 6 heteroatoms. The third kappa shape index (κ3) is 4.20. The quantitative estimate of drug-likeness (QED) is 0.900. The highest BCUT2D eigenvalue weighted by atomic mass is 35.5. The zero-order valence-corrected chi connectivity index (χ0v) is 14.9. The van der Waals surface area contributed by atoms with Crippen LogP contribution in [0.2, 0.25) is 5.02 Å². The van der Waals surface area contributed by atoms with Crippen LogP contribution in [0, 0.1) is 0 Å². The van der Waals surface area contributed by atoms with Crippen molar-refractivity contribution in [3.63, 3.8) is 0 Å². The van der Waals surface area contributed by atoms with Gasteiger partial charge in [-0.05, 0) is 36.8 Å². The minimum absolute atomic E-state index is 0. The van der Waals surface area contributed by atoms with Crippen molar-refractivity contribution in [3.05, 3.63) is 59.1 Å². The third-order valence-corrected chi connectivity index (χ3v) is 4.07. The van der Waals surface area contributed by atoms with Crippen LogP contribution in [0.1, 0.15) is 12.5 Å². The Bertz CT molecular complexity index is 709. The highest BCUT2D eigenvalue weighted by Gasteiger charge is 2.26. The summed E-state index contributed by atoms with van der Waals surface area (Å²) in [5.74, 6) is 0.542. The Hall–Kier alpha value is -1.75. The molecule has 128 valence electrons. The molecule has 0 aromatic heterocycles. The summed E-state index contributed by atoms with van der Waals surface area (Å²) in [4.78, 5) is 14.6. The smallest absolute Gasteiger partial charge is 0.267 e.